The minimum atomic E-state index is 0.228. The number of hydrogen-bond donors (Lipinski definition) is 1. The second-order valence-electron chi connectivity index (χ2n) is 6.71. The van der Waals surface area contributed by atoms with E-state index in [1.807, 2.05) is 36.3 Å². The zero-order valence-corrected chi connectivity index (χ0v) is 14.7. The van der Waals surface area contributed by atoms with E-state index in [-0.39, 0.29) is 5.91 Å². The monoisotopic (exact) mass is 333 g/mol. The standard InChI is InChI=1S/C21H23N3O/c1-15-10-18(17-8-9-21(25)24(2)13-17)11-19(20(15)12-23-14-22)16-6-4-3-5-7-16/h3-7,10-11,17,23H,8-9,12-13H2,1-2H3. The summed E-state index contributed by atoms with van der Waals surface area (Å²) in [5.74, 6) is 0.591. The van der Waals surface area contributed by atoms with Crippen molar-refractivity contribution in [3.63, 3.8) is 0 Å². The molecule has 1 aliphatic rings. The Bertz CT molecular complexity index is 808. The Balaban J connectivity index is 2.03. The molecule has 2 aromatic rings. The molecule has 0 aromatic heterocycles. The van der Waals surface area contributed by atoms with Gasteiger partial charge in [-0.25, -0.2) is 0 Å². The van der Waals surface area contributed by atoms with Crippen molar-refractivity contribution in [3.8, 4) is 17.3 Å². The lowest BCUT2D eigenvalue weighted by Crippen LogP contribution is -2.35. The van der Waals surface area contributed by atoms with Crippen molar-refractivity contribution in [2.75, 3.05) is 13.6 Å². The summed E-state index contributed by atoms with van der Waals surface area (Å²) in [7, 11) is 1.88. The van der Waals surface area contributed by atoms with Gasteiger partial charge in [-0.3, -0.25) is 4.79 Å². The van der Waals surface area contributed by atoms with Crippen LogP contribution in [-0.4, -0.2) is 24.4 Å². The number of nitrogens with zero attached hydrogens (tertiary/aromatic N) is 2. The SMILES string of the molecule is Cc1cc(C2CCC(=O)N(C)C2)cc(-c2ccccc2)c1CNC#N. The zero-order valence-electron chi connectivity index (χ0n) is 14.7. The summed E-state index contributed by atoms with van der Waals surface area (Å²) in [4.78, 5) is 13.6. The lowest BCUT2D eigenvalue weighted by Gasteiger charge is -2.30. The molecule has 128 valence electrons. The van der Waals surface area contributed by atoms with Gasteiger partial charge in [0.2, 0.25) is 5.91 Å². The van der Waals surface area contributed by atoms with Crippen LogP contribution in [-0.2, 0) is 11.3 Å². The Kier molecular flexibility index (Phi) is 5.04. The van der Waals surface area contributed by atoms with Crippen LogP contribution < -0.4 is 5.32 Å². The average molecular weight is 333 g/mol. The second-order valence-corrected chi connectivity index (χ2v) is 6.71. The quantitative estimate of drug-likeness (QED) is 0.687. The lowest BCUT2D eigenvalue weighted by molar-refractivity contribution is -0.132. The van der Waals surface area contributed by atoms with Crippen molar-refractivity contribution in [2.45, 2.75) is 32.2 Å². The maximum atomic E-state index is 11.8. The van der Waals surface area contributed by atoms with Crippen molar-refractivity contribution in [3.05, 3.63) is 59.2 Å². The highest BCUT2D eigenvalue weighted by Crippen LogP contribution is 2.34. The van der Waals surface area contributed by atoms with Crippen LogP contribution in [0.25, 0.3) is 11.1 Å². The van der Waals surface area contributed by atoms with Crippen LogP contribution in [0.5, 0.6) is 0 Å². The number of likely N-dealkylation sites (tertiary alicyclic amines) is 1. The van der Waals surface area contributed by atoms with Crippen molar-refractivity contribution >= 4 is 5.91 Å². The number of nitriles is 1. The largest absolute Gasteiger partial charge is 0.345 e. The first-order valence-corrected chi connectivity index (χ1v) is 8.65. The molecule has 0 aliphatic carbocycles. The highest BCUT2D eigenvalue weighted by molar-refractivity contribution is 5.77. The molecule has 1 amide bonds. The number of amides is 1. The van der Waals surface area contributed by atoms with Gasteiger partial charge in [-0.1, -0.05) is 42.5 Å². The van der Waals surface area contributed by atoms with E-state index in [1.54, 1.807) is 0 Å². The third-order valence-corrected chi connectivity index (χ3v) is 5.02. The number of rotatable bonds is 4. The third kappa shape index (κ3) is 3.66. The Morgan fingerprint density at radius 3 is 2.72 bits per heavy atom. The van der Waals surface area contributed by atoms with E-state index in [0.29, 0.717) is 18.9 Å². The van der Waals surface area contributed by atoms with Crippen LogP contribution in [0.15, 0.2) is 42.5 Å². The summed E-state index contributed by atoms with van der Waals surface area (Å²) in [6.07, 6.45) is 3.52. The molecule has 25 heavy (non-hydrogen) atoms. The molecule has 1 atom stereocenters. The van der Waals surface area contributed by atoms with Crippen LogP contribution in [0.4, 0.5) is 0 Å². The molecule has 1 aliphatic heterocycles. The van der Waals surface area contributed by atoms with Crippen molar-refractivity contribution < 1.29 is 4.79 Å². The van der Waals surface area contributed by atoms with Gasteiger partial charge < -0.3 is 10.2 Å². The lowest BCUT2D eigenvalue weighted by atomic mass is 9.85. The van der Waals surface area contributed by atoms with Gasteiger partial charge in [-0.05, 0) is 41.2 Å². The first-order chi connectivity index (χ1) is 12.1. The molecule has 0 saturated carbocycles. The number of piperidine rings is 1. The maximum absolute atomic E-state index is 11.8. The molecular formula is C21H23N3O. The van der Waals surface area contributed by atoms with Crippen molar-refractivity contribution in [1.82, 2.24) is 10.2 Å². The van der Waals surface area contributed by atoms with E-state index in [2.05, 4.69) is 36.5 Å². The minimum Gasteiger partial charge on any atom is -0.345 e. The number of likely N-dealkylation sites (N-methyl/N-ethyl adjacent to an activating group) is 1. The summed E-state index contributed by atoms with van der Waals surface area (Å²) in [6.45, 7) is 3.39. The van der Waals surface area contributed by atoms with E-state index in [9.17, 15) is 4.79 Å². The van der Waals surface area contributed by atoms with Crippen molar-refractivity contribution in [2.24, 2.45) is 0 Å². The van der Waals surface area contributed by atoms with Gasteiger partial charge in [-0.2, -0.15) is 5.26 Å². The normalized spacial score (nSPS) is 17.2. The Morgan fingerprint density at radius 1 is 1.28 bits per heavy atom. The molecule has 4 heteroatoms. The topological polar surface area (TPSA) is 56.1 Å². The van der Waals surface area contributed by atoms with Crippen LogP contribution in [0.3, 0.4) is 0 Å². The minimum absolute atomic E-state index is 0.228. The maximum Gasteiger partial charge on any atom is 0.222 e. The Hall–Kier alpha value is -2.80. The summed E-state index contributed by atoms with van der Waals surface area (Å²) in [5.41, 5.74) is 5.92. The highest BCUT2D eigenvalue weighted by atomic mass is 16.2. The number of benzene rings is 2. The van der Waals surface area contributed by atoms with Gasteiger partial charge in [0.25, 0.3) is 0 Å². The molecule has 0 radical (unpaired) electrons. The molecule has 1 unspecified atom stereocenters. The van der Waals surface area contributed by atoms with E-state index in [0.717, 1.165) is 29.7 Å². The van der Waals surface area contributed by atoms with Crippen LogP contribution in [0.1, 0.15) is 35.4 Å². The third-order valence-electron chi connectivity index (χ3n) is 5.02. The van der Waals surface area contributed by atoms with Crippen LogP contribution in [0, 0.1) is 18.4 Å². The smallest absolute Gasteiger partial charge is 0.222 e. The summed E-state index contributed by atoms with van der Waals surface area (Å²) >= 11 is 0. The van der Waals surface area contributed by atoms with E-state index in [1.165, 1.54) is 11.1 Å². The average Bonchev–Trinajstić information content (AvgIpc) is 2.63. The first-order valence-electron chi connectivity index (χ1n) is 8.65. The number of nitrogens with one attached hydrogen (secondary N) is 1. The van der Waals surface area contributed by atoms with Gasteiger partial charge in [-0.15, -0.1) is 0 Å². The molecule has 2 aromatic carbocycles. The molecule has 1 fully saturated rings. The molecule has 0 bridgehead atoms. The highest BCUT2D eigenvalue weighted by Gasteiger charge is 2.25. The molecular weight excluding hydrogens is 310 g/mol. The van der Waals surface area contributed by atoms with E-state index in [4.69, 9.17) is 5.26 Å². The second kappa shape index (κ2) is 7.40. The fourth-order valence-corrected chi connectivity index (χ4v) is 3.60. The predicted molar refractivity (Wildman–Crippen MR) is 98.7 cm³/mol. The molecule has 1 heterocycles. The predicted octanol–water partition coefficient (Wildman–Crippen LogP) is 3.57. The Morgan fingerprint density at radius 2 is 2.04 bits per heavy atom. The number of aryl methyl sites for hydroxylation is 1. The summed E-state index contributed by atoms with van der Waals surface area (Å²) in [6, 6.07) is 14.7. The van der Waals surface area contributed by atoms with E-state index >= 15 is 0 Å². The van der Waals surface area contributed by atoms with Gasteiger partial charge >= 0.3 is 0 Å². The van der Waals surface area contributed by atoms with E-state index < -0.39 is 0 Å². The Labute approximate surface area is 149 Å². The van der Waals surface area contributed by atoms with Gasteiger partial charge in [0.05, 0.1) is 6.54 Å². The summed E-state index contributed by atoms with van der Waals surface area (Å²) < 4.78 is 0. The molecule has 4 nitrogen and oxygen atoms in total. The van der Waals surface area contributed by atoms with Crippen LogP contribution in [0.2, 0.25) is 0 Å². The van der Waals surface area contributed by atoms with Gasteiger partial charge in [0.1, 0.15) is 0 Å². The number of carbonyl (C=O) groups is 1. The summed E-state index contributed by atoms with van der Waals surface area (Å²) in [5, 5.41) is 11.7. The van der Waals surface area contributed by atoms with Gasteiger partial charge in [0, 0.05) is 25.9 Å². The zero-order chi connectivity index (χ0) is 17.8. The van der Waals surface area contributed by atoms with Gasteiger partial charge in [0.15, 0.2) is 6.19 Å². The fourth-order valence-electron chi connectivity index (χ4n) is 3.60. The molecule has 1 N–H and O–H groups in total. The number of carbonyl (C=O) groups excluding carboxylic acids is 1. The number of hydrogen-bond acceptors (Lipinski definition) is 3. The first kappa shape index (κ1) is 17.0. The molecule has 3 rings (SSSR count). The molecule has 1 saturated heterocycles. The molecule has 0 spiro atoms. The van der Waals surface area contributed by atoms with Crippen molar-refractivity contribution in [1.29, 1.82) is 5.26 Å². The fraction of sp³-hybridized carbons (Fsp3) is 0.333. The van der Waals surface area contributed by atoms with Crippen LogP contribution >= 0.6 is 0 Å².